The summed E-state index contributed by atoms with van der Waals surface area (Å²) in [5, 5.41) is 0. The van der Waals surface area contributed by atoms with Crippen LogP contribution in [0.1, 0.15) is 37.9 Å². The van der Waals surface area contributed by atoms with Gasteiger partial charge < -0.3 is 5.73 Å². The molecule has 2 aromatic rings. The van der Waals surface area contributed by atoms with Gasteiger partial charge in [-0.1, -0.05) is 62.4 Å². The summed E-state index contributed by atoms with van der Waals surface area (Å²) >= 11 is 0. The minimum Gasteiger partial charge on any atom is -0.324 e. The molecule has 19 heavy (non-hydrogen) atoms. The van der Waals surface area contributed by atoms with Crippen LogP contribution in [0.5, 0.6) is 0 Å². The van der Waals surface area contributed by atoms with Gasteiger partial charge in [0, 0.05) is 6.04 Å². The number of benzene rings is 2. The highest BCUT2D eigenvalue weighted by Crippen LogP contribution is 2.22. The molecule has 0 aliphatic heterocycles. The molecular weight excluding hydrogens is 230 g/mol. The van der Waals surface area contributed by atoms with Gasteiger partial charge in [-0.25, -0.2) is 0 Å². The van der Waals surface area contributed by atoms with Crippen LogP contribution < -0.4 is 5.73 Å². The van der Waals surface area contributed by atoms with Gasteiger partial charge in [-0.3, -0.25) is 0 Å². The first kappa shape index (κ1) is 13.8. The van der Waals surface area contributed by atoms with Crippen LogP contribution in [0, 0.1) is 5.92 Å². The molecule has 1 unspecified atom stereocenters. The first-order valence-electron chi connectivity index (χ1n) is 7.01. The van der Waals surface area contributed by atoms with E-state index >= 15 is 0 Å². The second-order valence-corrected chi connectivity index (χ2v) is 5.71. The molecule has 0 aromatic heterocycles. The van der Waals surface area contributed by atoms with Gasteiger partial charge in [0.25, 0.3) is 0 Å². The van der Waals surface area contributed by atoms with Gasteiger partial charge in [-0.2, -0.15) is 0 Å². The summed E-state index contributed by atoms with van der Waals surface area (Å²) in [6, 6.07) is 17.5. The van der Waals surface area contributed by atoms with Gasteiger partial charge in [-0.15, -0.1) is 0 Å². The second-order valence-electron chi connectivity index (χ2n) is 5.71. The van der Waals surface area contributed by atoms with E-state index in [1.54, 1.807) is 0 Å². The molecule has 1 atom stereocenters. The summed E-state index contributed by atoms with van der Waals surface area (Å²) < 4.78 is 0. The van der Waals surface area contributed by atoms with Crippen molar-refractivity contribution < 1.29 is 0 Å². The van der Waals surface area contributed by atoms with E-state index in [2.05, 4.69) is 62.4 Å². The summed E-state index contributed by atoms with van der Waals surface area (Å²) in [5.74, 6) is 0.705. The van der Waals surface area contributed by atoms with Gasteiger partial charge in [0.2, 0.25) is 0 Å². The molecule has 100 valence electrons. The monoisotopic (exact) mass is 253 g/mol. The zero-order valence-electron chi connectivity index (χ0n) is 12.1. The van der Waals surface area contributed by atoms with Gasteiger partial charge in [0.1, 0.15) is 0 Å². The predicted octanol–water partition coefficient (Wildman–Crippen LogP) is 4.57. The molecule has 0 heterocycles. The Bertz CT molecular complexity index is 506. The van der Waals surface area contributed by atoms with Crippen molar-refractivity contribution in [3.8, 4) is 11.1 Å². The van der Waals surface area contributed by atoms with Crippen molar-refractivity contribution in [3.63, 3.8) is 0 Å². The molecule has 0 bridgehead atoms. The van der Waals surface area contributed by atoms with Crippen LogP contribution in [-0.4, -0.2) is 0 Å². The van der Waals surface area contributed by atoms with E-state index in [0.717, 1.165) is 6.42 Å². The summed E-state index contributed by atoms with van der Waals surface area (Å²) in [5.41, 5.74) is 11.0. The Morgan fingerprint density at radius 3 is 1.68 bits per heavy atom. The fourth-order valence-electron chi connectivity index (χ4n) is 2.28. The lowest BCUT2D eigenvalue weighted by atomic mass is 9.98. The molecular formula is C18H23N. The van der Waals surface area contributed by atoms with Crippen LogP contribution >= 0.6 is 0 Å². The lowest BCUT2D eigenvalue weighted by Crippen LogP contribution is -2.04. The predicted molar refractivity (Wildman–Crippen MR) is 83.0 cm³/mol. The Balaban J connectivity index is 2.17. The van der Waals surface area contributed by atoms with E-state index in [1.165, 1.54) is 22.3 Å². The van der Waals surface area contributed by atoms with Crippen molar-refractivity contribution in [2.45, 2.75) is 33.2 Å². The molecule has 2 rings (SSSR count). The van der Waals surface area contributed by atoms with E-state index in [4.69, 9.17) is 5.73 Å². The summed E-state index contributed by atoms with van der Waals surface area (Å²) in [7, 11) is 0. The molecule has 0 fully saturated rings. The molecule has 0 aliphatic carbocycles. The Labute approximate surface area is 116 Å². The molecule has 0 saturated heterocycles. The third-order valence-electron chi connectivity index (χ3n) is 3.37. The fraction of sp³-hybridized carbons (Fsp3) is 0.333. The van der Waals surface area contributed by atoms with E-state index in [0.29, 0.717) is 5.92 Å². The molecule has 0 aliphatic rings. The molecule has 2 aromatic carbocycles. The minimum atomic E-state index is 0.0995. The SMILES string of the molecule is CC(C)Cc1ccc(-c2ccc(C(C)N)cc2)cc1. The van der Waals surface area contributed by atoms with Crippen LogP contribution in [0.15, 0.2) is 48.5 Å². The van der Waals surface area contributed by atoms with Crippen molar-refractivity contribution in [1.29, 1.82) is 0 Å². The molecule has 2 N–H and O–H groups in total. The van der Waals surface area contributed by atoms with Crippen molar-refractivity contribution in [2.75, 3.05) is 0 Å². The maximum absolute atomic E-state index is 5.87. The minimum absolute atomic E-state index is 0.0995. The van der Waals surface area contributed by atoms with Crippen molar-refractivity contribution in [2.24, 2.45) is 11.7 Å². The van der Waals surface area contributed by atoms with Crippen molar-refractivity contribution in [1.82, 2.24) is 0 Å². The average Bonchev–Trinajstić information content (AvgIpc) is 2.39. The molecule has 1 nitrogen and oxygen atoms in total. The topological polar surface area (TPSA) is 26.0 Å². The van der Waals surface area contributed by atoms with Gasteiger partial charge in [0.05, 0.1) is 0 Å². The Morgan fingerprint density at radius 1 is 0.789 bits per heavy atom. The third kappa shape index (κ3) is 3.68. The number of hydrogen-bond acceptors (Lipinski definition) is 1. The molecule has 0 saturated carbocycles. The second kappa shape index (κ2) is 6.03. The normalized spacial score (nSPS) is 12.7. The Morgan fingerprint density at radius 2 is 1.26 bits per heavy atom. The average molecular weight is 253 g/mol. The van der Waals surface area contributed by atoms with E-state index in [9.17, 15) is 0 Å². The highest BCUT2D eigenvalue weighted by molar-refractivity contribution is 5.64. The van der Waals surface area contributed by atoms with Gasteiger partial charge in [-0.05, 0) is 41.5 Å². The number of hydrogen-bond donors (Lipinski definition) is 1. The molecule has 1 heteroatoms. The van der Waals surface area contributed by atoms with Crippen molar-refractivity contribution >= 4 is 0 Å². The maximum Gasteiger partial charge on any atom is 0.0266 e. The van der Waals surface area contributed by atoms with Crippen LogP contribution in [0.3, 0.4) is 0 Å². The molecule has 0 radical (unpaired) electrons. The first-order chi connectivity index (χ1) is 9.06. The van der Waals surface area contributed by atoms with Crippen LogP contribution in [0.25, 0.3) is 11.1 Å². The Hall–Kier alpha value is -1.60. The van der Waals surface area contributed by atoms with E-state index in [1.807, 2.05) is 6.92 Å². The fourth-order valence-corrected chi connectivity index (χ4v) is 2.28. The smallest absolute Gasteiger partial charge is 0.0266 e. The quantitative estimate of drug-likeness (QED) is 0.848. The summed E-state index contributed by atoms with van der Waals surface area (Å²) in [4.78, 5) is 0. The summed E-state index contributed by atoms with van der Waals surface area (Å²) in [6.45, 7) is 6.51. The standard InChI is InChI=1S/C18H23N/c1-13(2)12-15-4-6-17(7-5-15)18-10-8-16(9-11-18)14(3)19/h4-11,13-14H,12,19H2,1-3H3. The number of nitrogens with two attached hydrogens (primary N) is 1. The van der Waals surface area contributed by atoms with Crippen LogP contribution in [0.4, 0.5) is 0 Å². The van der Waals surface area contributed by atoms with Gasteiger partial charge in [0.15, 0.2) is 0 Å². The lowest BCUT2D eigenvalue weighted by molar-refractivity contribution is 0.647. The molecule has 0 spiro atoms. The highest BCUT2D eigenvalue weighted by atomic mass is 14.6. The highest BCUT2D eigenvalue weighted by Gasteiger charge is 2.02. The van der Waals surface area contributed by atoms with Crippen LogP contribution in [-0.2, 0) is 6.42 Å². The van der Waals surface area contributed by atoms with Crippen LogP contribution in [0.2, 0.25) is 0 Å². The third-order valence-corrected chi connectivity index (χ3v) is 3.37. The van der Waals surface area contributed by atoms with E-state index < -0.39 is 0 Å². The number of rotatable bonds is 4. The first-order valence-corrected chi connectivity index (χ1v) is 7.01. The van der Waals surface area contributed by atoms with Crippen molar-refractivity contribution in [3.05, 3.63) is 59.7 Å². The Kier molecular flexibility index (Phi) is 4.39. The largest absolute Gasteiger partial charge is 0.324 e. The zero-order chi connectivity index (χ0) is 13.8. The lowest BCUT2D eigenvalue weighted by Gasteiger charge is -2.09. The van der Waals surface area contributed by atoms with Gasteiger partial charge >= 0.3 is 0 Å². The van der Waals surface area contributed by atoms with E-state index in [-0.39, 0.29) is 6.04 Å². The summed E-state index contributed by atoms with van der Waals surface area (Å²) in [6.07, 6.45) is 1.14. The zero-order valence-corrected chi connectivity index (χ0v) is 12.1. The molecule has 0 amide bonds. The maximum atomic E-state index is 5.87.